The molecule has 4 aromatic rings. The van der Waals surface area contributed by atoms with E-state index in [1.54, 1.807) is 30.5 Å². The number of aryl methyl sites for hydroxylation is 2. The SMILES string of the molecule is Cc1ccc(N=Cc2c(C)[nH]n(-c3ccccc3)c2=O)cc1CN1C(=O)c2ccccc2C1=O. The number of rotatable bonds is 5. The summed E-state index contributed by atoms with van der Waals surface area (Å²) in [5.41, 5.74) is 4.97. The smallest absolute Gasteiger partial charge is 0.280 e. The second kappa shape index (κ2) is 8.44. The van der Waals surface area contributed by atoms with Crippen molar-refractivity contribution in [3.8, 4) is 5.69 Å². The first-order valence-electron chi connectivity index (χ1n) is 10.9. The van der Waals surface area contributed by atoms with Crippen LogP contribution in [0.2, 0.25) is 0 Å². The first-order chi connectivity index (χ1) is 16.4. The second-order valence-electron chi connectivity index (χ2n) is 8.24. The van der Waals surface area contributed by atoms with Gasteiger partial charge in [-0.1, -0.05) is 36.4 Å². The third-order valence-corrected chi connectivity index (χ3v) is 6.01. The maximum Gasteiger partial charge on any atom is 0.280 e. The summed E-state index contributed by atoms with van der Waals surface area (Å²) in [6.07, 6.45) is 1.55. The van der Waals surface area contributed by atoms with Crippen molar-refractivity contribution in [3.05, 3.63) is 117 Å². The fraction of sp³-hybridized carbons (Fsp3) is 0.111. The van der Waals surface area contributed by atoms with Crippen molar-refractivity contribution in [1.29, 1.82) is 0 Å². The van der Waals surface area contributed by atoms with Gasteiger partial charge in [-0.25, -0.2) is 4.68 Å². The molecule has 0 saturated heterocycles. The number of para-hydroxylation sites is 1. The first kappa shape index (κ1) is 21.3. The number of nitrogens with zero attached hydrogens (tertiary/aromatic N) is 3. The lowest BCUT2D eigenvalue weighted by Crippen LogP contribution is -2.29. The minimum Gasteiger partial charge on any atom is -0.295 e. The number of H-pyrrole nitrogens is 1. The van der Waals surface area contributed by atoms with Gasteiger partial charge in [-0.2, -0.15) is 0 Å². The zero-order valence-corrected chi connectivity index (χ0v) is 18.8. The van der Waals surface area contributed by atoms with E-state index in [1.165, 1.54) is 9.58 Å². The lowest BCUT2D eigenvalue weighted by molar-refractivity contribution is 0.0642. The summed E-state index contributed by atoms with van der Waals surface area (Å²) in [5, 5.41) is 3.08. The predicted molar refractivity (Wildman–Crippen MR) is 130 cm³/mol. The number of imide groups is 1. The number of nitrogens with one attached hydrogen (secondary N) is 1. The average Bonchev–Trinajstić information content (AvgIpc) is 3.27. The lowest BCUT2D eigenvalue weighted by atomic mass is 10.1. The molecule has 0 bridgehead atoms. The number of hydrogen-bond acceptors (Lipinski definition) is 4. The van der Waals surface area contributed by atoms with Crippen molar-refractivity contribution in [2.75, 3.05) is 0 Å². The Bertz CT molecular complexity index is 1480. The van der Waals surface area contributed by atoms with E-state index in [1.807, 2.05) is 62.4 Å². The summed E-state index contributed by atoms with van der Waals surface area (Å²) < 4.78 is 1.49. The monoisotopic (exact) mass is 450 g/mol. The van der Waals surface area contributed by atoms with Crippen LogP contribution in [0.5, 0.6) is 0 Å². The van der Waals surface area contributed by atoms with Crippen LogP contribution in [0.1, 0.15) is 43.1 Å². The summed E-state index contributed by atoms with van der Waals surface area (Å²) in [7, 11) is 0. The molecule has 0 spiro atoms. The molecule has 0 aliphatic carbocycles. The van der Waals surface area contributed by atoms with E-state index in [-0.39, 0.29) is 23.9 Å². The molecule has 0 radical (unpaired) electrons. The van der Waals surface area contributed by atoms with Crippen LogP contribution < -0.4 is 5.56 Å². The van der Waals surface area contributed by atoms with E-state index < -0.39 is 0 Å². The van der Waals surface area contributed by atoms with Crippen LogP contribution in [0.15, 0.2) is 82.6 Å². The van der Waals surface area contributed by atoms with Crippen molar-refractivity contribution < 1.29 is 9.59 Å². The molecule has 3 aromatic carbocycles. The van der Waals surface area contributed by atoms with Gasteiger partial charge in [-0.05, 0) is 61.4 Å². The summed E-state index contributed by atoms with van der Waals surface area (Å²) >= 11 is 0. The highest BCUT2D eigenvalue weighted by molar-refractivity contribution is 6.21. The van der Waals surface area contributed by atoms with Crippen LogP contribution in [0, 0.1) is 13.8 Å². The zero-order valence-electron chi connectivity index (χ0n) is 18.8. The fourth-order valence-corrected chi connectivity index (χ4v) is 4.07. The summed E-state index contributed by atoms with van der Waals surface area (Å²) in [4.78, 5) is 44.2. The number of fused-ring (bicyclic) bond motifs is 1. The van der Waals surface area contributed by atoms with Gasteiger partial charge in [0.2, 0.25) is 0 Å². The van der Waals surface area contributed by atoms with Crippen LogP contribution in [0.3, 0.4) is 0 Å². The zero-order chi connectivity index (χ0) is 23.8. The minimum atomic E-state index is -0.293. The Balaban J connectivity index is 1.41. The van der Waals surface area contributed by atoms with Crippen LogP contribution >= 0.6 is 0 Å². The van der Waals surface area contributed by atoms with Crippen molar-refractivity contribution in [2.24, 2.45) is 4.99 Å². The highest BCUT2D eigenvalue weighted by atomic mass is 16.2. The summed E-state index contributed by atoms with van der Waals surface area (Å²) in [5.74, 6) is -0.586. The van der Waals surface area contributed by atoms with E-state index in [2.05, 4.69) is 10.1 Å². The van der Waals surface area contributed by atoms with Gasteiger partial charge < -0.3 is 0 Å². The summed E-state index contributed by atoms with van der Waals surface area (Å²) in [6.45, 7) is 3.91. The topological polar surface area (TPSA) is 87.5 Å². The van der Waals surface area contributed by atoms with Gasteiger partial charge in [0.1, 0.15) is 0 Å². The number of benzene rings is 3. The average molecular weight is 450 g/mol. The van der Waals surface area contributed by atoms with Crippen molar-refractivity contribution in [2.45, 2.75) is 20.4 Å². The third kappa shape index (κ3) is 3.67. The van der Waals surface area contributed by atoms with E-state index in [0.29, 0.717) is 28.1 Å². The van der Waals surface area contributed by atoms with Gasteiger partial charge in [-0.3, -0.25) is 29.4 Å². The van der Waals surface area contributed by atoms with Crippen molar-refractivity contribution in [3.63, 3.8) is 0 Å². The quantitative estimate of drug-likeness (QED) is 0.363. The molecule has 0 saturated carbocycles. The molecule has 1 N–H and O–H groups in total. The first-order valence-corrected chi connectivity index (χ1v) is 10.9. The van der Waals surface area contributed by atoms with E-state index in [4.69, 9.17) is 0 Å². The van der Waals surface area contributed by atoms with Crippen molar-refractivity contribution >= 4 is 23.7 Å². The molecule has 1 aromatic heterocycles. The Morgan fingerprint density at radius 2 is 1.50 bits per heavy atom. The standard InChI is InChI=1S/C27H22N4O3/c1-17-12-13-20(14-19(17)16-30-25(32)22-10-6-7-11-23(22)26(30)33)28-15-24-18(2)29-31(27(24)34)21-8-4-3-5-9-21/h3-15,29H,16H2,1-2H3. The molecule has 1 aliphatic heterocycles. The normalized spacial score (nSPS) is 13.2. The maximum atomic E-state index is 12.9. The number of carbonyl (C=O) groups excluding carboxylic acids is 2. The molecule has 0 unspecified atom stereocenters. The third-order valence-electron chi connectivity index (χ3n) is 6.01. The molecule has 0 atom stereocenters. The number of amides is 2. The summed E-state index contributed by atoms with van der Waals surface area (Å²) in [6, 6.07) is 21.8. The van der Waals surface area contributed by atoms with Crippen LogP contribution in [-0.4, -0.2) is 32.7 Å². The van der Waals surface area contributed by atoms with Gasteiger partial charge in [0.25, 0.3) is 17.4 Å². The Morgan fingerprint density at radius 3 is 2.18 bits per heavy atom. The maximum absolute atomic E-state index is 12.9. The van der Waals surface area contributed by atoms with Gasteiger partial charge in [0, 0.05) is 11.9 Å². The Labute approximate surface area is 196 Å². The molecular weight excluding hydrogens is 428 g/mol. The predicted octanol–water partition coefficient (Wildman–Crippen LogP) is 4.33. The Morgan fingerprint density at radius 1 is 0.853 bits per heavy atom. The Kier molecular flexibility index (Phi) is 5.30. The van der Waals surface area contributed by atoms with E-state index in [9.17, 15) is 14.4 Å². The minimum absolute atomic E-state index is 0.158. The number of carbonyl (C=O) groups is 2. The number of aromatic nitrogens is 2. The van der Waals surface area contributed by atoms with Gasteiger partial charge >= 0.3 is 0 Å². The number of aliphatic imine (C=N–C) groups is 1. The van der Waals surface area contributed by atoms with E-state index in [0.717, 1.165) is 16.8 Å². The van der Waals surface area contributed by atoms with Gasteiger partial charge in [-0.15, -0.1) is 0 Å². The number of aromatic amines is 1. The number of hydrogen-bond donors (Lipinski definition) is 1. The molecule has 5 rings (SSSR count). The highest BCUT2D eigenvalue weighted by Crippen LogP contribution is 2.26. The molecule has 168 valence electrons. The van der Waals surface area contributed by atoms with Gasteiger partial charge in [0.05, 0.1) is 34.6 Å². The lowest BCUT2D eigenvalue weighted by Gasteiger charge is -2.16. The molecule has 2 heterocycles. The molecule has 2 amide bonds. The fourth-order valence-electron chi connectivity index (χ4n) is 4.07. The van der Waals surface area contributed by atoms with Crippen LogP contribution in [-0.2, 0) is 6.54 Å². The Hall–Kier alpha value is -4.52. The largest absolute Gasteiger partial charge is 0.295 e. The van der Waals surface area contributed by atoms with Gasteiger partial charge in [0.15, 0.2) is 0 Å². The molecule has 7 nitrogen and oxygen atoms in total. The second-order valence-corrected chi connectivity index (χ2v) is 8.24. The molecular formula is C27H22N4O3. The van der Waals surface area contributed by atoms with Crippen LogP contribution in [0.4, 0.5) is 5.69 Å². The highest BCUT2D eigenvalue weighted by Gasteiger charge is 2.35. The molecule has 0 fully saturated rings. The molecule has 7 heteroatoms. The molecule has 34 heavy (non-hydrogen) atoms. The molecule has 1 aliphatic rings. The van der Waals surface area contributed by atoms with Crippen molar-refractivity contribution in [1.82, 2.24) is 14.7 Å². The van der Waals surface area contributed by atoms with E-state index >= 15 is 0 Å². The van der Waals surface area contributed by atoms with Crippen LogP contribution in [0.25, 0.3) is 5.69 Å².